The number of methoxy groups -OCH3 is 1. The Morgan fingerprint density at radius 1 is 0.788 bits per heavy atom. The van der Waals surface area contributed by atoms with Crippen LogP contribution in [0.4, 0.5) is 4.39 Å². The molecule has 0 atom stereocenters. The monoisotopic (exact) mass is 434 g/mol. The number of rotatable bonds is 4. The Hall–Kier alpha value is -4.45. The maximum absolute atomic E-state index is 14.2. The van der Waals surface area contributed by atoms with Crippen molar-refractivity contribution in [1.29, 1.82) is 0 Å². The third-order valence-electron chi connectivity index (χ3n) is 5.91. The van der Waals surface area contributed by atoms with Crippen molar-refractivity contribution in [1.82, 2.24) is 20.2 Å². The molecule has 3 heterocycles. The number of aromatic amines is 2. The second-order valence-electron chi connectivity index (χ2n) is 7.90. The number of benzene rings is 3. The third kappa shape index (κ3) is 3.32. The van der Waals surface area contributed by atoms with E-state index in [2.05, 4.69) is 38.4 Å². The molecule has 0 radical (unpaired) electrons. The summed E-state index contributed by atoms with van der Waals surface area (Å²) in [5, 5.41) is 9.73. The smallest absolute Gasteiger partial charge is 0.127 e. The molecule has 0 unspecified atom stereocenters. The summed E-state index contributed by atoms with van der Waals surface area (Å²) < 4.78 is 19.4. The third-order valence-corrected chi connectivity index (χ3v) is 5.91. The summed E-state index contributed by atoms with van der Waals surface area (Å²) in [5.41, 5.74) is 7.50. The number of nitrogens with one attached hydrogen (secondary N) is 2. The van der Waals surface area contributed by atoms with Crippen molar-refractivity contribution in [2.24, 2.45) is 0 Å². The Morgan fingerprint density at radius 2 is 1.67 bits per heavy atom. The number of hydrogen-bond acceptors (Lipinski definition) is 3. The zero-order valence-corrected chi connectivity index (χ0v) is 17.8. The van der Waals surface area contributed by atoms with Crippen LogP contribution in [-0.4, -0.2) is 27.3 Å². The Balaban J connectivity index is 1.50. The van der Waals surface area contributed by atoms with Gasteiger partial charge in [-0.25, -0.2) is 4.39 Å². The molecule has 3 aromatic carbocycles. The highest BCUT2D eigenvalue weighted by molar-refractivity contribution is 6.02. The normalized spacial score (nSPS) is 11.3. The van der Waals surface area contributed by atoms with E-state index in [0.29, 0.717) is 5.75 Å². The molecule has 0 saturated heterocycles. The summed E-state index contributed by atoms with van der Waals surface area (Å²) >= 11 is 0. The van der Waals surface area contributed by atoms with Crippen LogP contribution in [0.25, 0.3) is 55.4 Å². The second-order valence-corrected chi connectivity index (χ2v) is 7.90. The molecule has 0 aliphatic carbocycles. The van der Waals surface area contributed by atoms with Crippen LogP contribution < -0.4 is 4.74 Å². The van der Waals surface area contributed by atoms with Gasteiger partial charge in [-0.15, -0.1) is 0 Å². The van der Waals surface area contributed by atoms with Crippen LogP contribution in [0.5, 0.6) is 5.75 Å². The number of fused-ring (bicyclic) bond motifs is 2. The van der Waals surface area contributed by atoms with Crippen molar-refractivity contribution in [2.45, 2.75) is 0 Å². The van der Waals surface area contributed by atoms with Gasteiger partial charge < -0.3 is 9.72 Å². The van der Waals surface area contributed by atoms with Crippen LogP contribution >= 0.6 is 0 Å². The molecule has 6 heteroatoms. The predicted octanol–water partition coefficient (Wildman–Crippen LogP) is 6.59. The van der Waals surface area contributed by atoms with Gasteiger partial charge in [0.05, 0.1) is 18.3 Å². The second kappa shape index (κ2) is 7.60. The van der Waals surface area contributed by atoms with Crippen LogP contribution in [0, 0.1) is 5.82 Å². The Kier molecular flexibility index (Phi) is 4.43. The standard InChI is InChI=1S/C27H19FN4O/c1-33-20-12-18(11-19(28)14-20)21-3-2-4-24-22(21)15-26(30-24)27-23-13-17(5-6-25(23)31-32-27)16-7-9-29-10-8-16/h2-15,30H,1H3,(H,31,32). The Labute approximate surface area is 188 Å². The van der Waals surface area contributed by atoms with Crippen molar-refractivity contribution in [3.8, 4) is 39.4 Å². The van der Waals surface area contributed by atoms with Crippen molar-refractivity contribution in [3.05, 3.63) is 91.0 Å². The Bertz CT molecular complexity index is 1620. The van der Waals surface area contributed by atoms with E-state index in [1.165, 1.54) is 19.2 Å². The van der Waals surface area contributed by atoms with Crippen LogP contribution in [-0.2, 0) is 0 Å². The van der Waals surface area contributed by atoms with Crippen LogP contribution in [0.2, 0.25) is 0 Å². The quantitative estimate of drug-likeness (QED) is 0.329. The van der Waals surface area contributed by atoms with Crippen LogP contribution in [0.15, 0.2) is 85.2 Å². The van der Waals surface area contributed by atoms with Gasteiger partial charge in [0.15, 0.2) is 0 Å². The predicted molar refractivity (Wildman–Crippen MR) is 129 cm³/mol. The minimum atomic E-state index is -0.334. The van der Waals surface area contributed by atoms with Crippen molar-refractivity contribution >= 4 is 21.8 Å². The molecule has 33 heavy (non-hydrogen) atoms. The molecule has 0 amide bonds. The average Bonchev–Trinajstić information content (AvgIpc) is 3.47. The van der Waals surface area contributed by atoms with Crippen molar-refractivity contribution < 1.29 is 9.13 Å². The van der Waals surface area contributed by atoms with Crippen LogP contribution in [0.1, 0.15) is 0 Å². The fraction of sp³-hybridized carbons (Fsp3) is 0.0370. The highest BCUT2D eigenvalue weighted by Gasteiger charge is 2.15. The fourth-order valence-corrected chi connectivity index (χ4v) is 4.31. The summed E-state index contributed by atoms with van der Waals surface area (Å²) in [5.74, 6) is 0.152. The topological polar surface area (TPSA) is 66.6 Å². The first kappa shape index (κ1) is 19.3. The zero-order chi connectivity index (χ0) is 22.4. The van der Waals surface area contributed by atoms with Gasteiger partial charge in [0.2, 0.25) is 0 Å². The molecule has 5 nitrogen and oxygen atoms in total. The maximum Gasteiger partial charge on any atom is 0.127 e. The minimum Gasteiger partial charge on any atom is -0.497 e. The molecule has 0 spiro atoms. The van der Waals surface area contributed by atoms with E-state index >= 15 is 0 Å². The molecule has 160 valence electrons. The minimum absolute atomic E-state index is 0.334. The highest BCUT2D eigenvalue weighted by atomic mass is 19.1. The van der Waals surface area contributed by atoms with E-state index in [1.807, 2.05) is 42.5 Å². The van der Waals surface area contributed by atoms with Gasteiger partial charge >= 0.3 is 0 Å². The molecule has 0 aliphatic rings. The molecule has 2 N–H and O–H groups in total. The summed E-state index contributed by atoms with van der Waals surface area (Å²) in [4.78, 5) is 7.59. The lowest BCUT2D eigenvalue weighted by atomic mass is 10.0. The van der Waals surface area contributed by atoms with Gasteiger partial charge in [-0.3, -0.25) is 10.1 Å². The van der Waals surface area contributed by atoms with E-state index in [-0.39, 0.29) is 5.82 Å². The first-order valence-electron chi connectivity index (χ1n) is 10.6. The summed E-state index contributed by atoms with van der Waals surface area (Å²) in [6.45, 7) is 0. The summed E-state index contributed by atoms with van der Waals surface area (Å²) in [6, 6.07) is 23.0. The average molecular weight is 434 g/mol. The molecule has 3 aromatic heterocycles. The van der Waals surface area contributed by atoms with Gasteiger partial charge in [0, 0.05) is 34.7 Å². The van der Waals surface area contributed by atoms with E-state index < -0.39 is 0 Å². The molecule has 0 fully saturated rings. The van der Waals surface area contributed by atoms with Gasteiger partial charge in [-0.1, -0.05) is 18.2 Å². The highest BCUT2D eigenvalue weighted by Crippen LogP contribution is 2.36. The molecule has 0 bridgehead atoms. The SMILES string of the molecule is COc1cc(F)cc(-c2cccc3[nH]c(-c4n[nH]c5ccc(-c6ccncc6)cc45)cc23)c1. The van der Waals surface area contributed by atoms with Crippen molar-refractivity contribution in [2.75, 3.05) is 7.11 Å². The zero-order valence-electron chi connectivity index (χ0n) is 17.8. The summed E-state index contributed by atoms with van der Waals surface area (Å²) in [7, 11) is 1.54. The maximum atomic E-state index is 14.2. The number of aromatic nitrogens is 4. The number of H-pyrrole nitrogens is 2. The van der Waals surface area contributed by atoms with Gasteiger partial charge in [0.25, 0.3) is 0 Å². The summed E-state index contributed by atoms with van der Waals surface area (Å²) in [6.07, 6.45) is 3.58. The van der Waals surface area contributed by atoms with E-state index in [1.54, 1.807) is 12.4 Å². The molecular weight excluding hydrogens is 415 g/mol. The molecule has 6 rings (SSSR count). The van der Waals surface area contributed by atoms with Gasteiger partial charge in [-0.05, 0) is 70.8 Å². The van der Waals surface area contributed by atoms with Crippen molar-refractivity contribution in [3.63, 3.8) is 0 Å². The number of halogens is 1. The van der Waals surface area contributed by atoms with Crippen LogP contribution in [0.3, 0.4) is 0 Å². The molecule has 0 saturated carbocycles. The van der Waals surface area contributed by atoms with Gasteiger partial charge in [0.1, 0.15) is 17.3 Å². The molecule has 0 aliphatic heterocycles. The number of nitrogens with zero attached hydrogens (tertiary/aromatic N) is 2. The lowest BCUT2D eigenvalue weighted by Gasteiger charge is -2.07. The Morgan fingerprint density at radius 3 is 2.52 bits per heavy atom. The fourth-order valence-electron chi connectivity index (χ4n) is 4.31. The first-order valence-corrected chi connectivity index (χ1v) is 10.6. The number of hydrogen-bond donors (Lipinski definition) is 2. The van der Waals surface area contributed by atoms with Gasteiger partial charge in [-0.2, -0.15) is 5.10 Å². The number of ether oxygens (including phenoxy) is 1. The largest absolute Gasteiger partial charge is 0.497 e. The van der Waals surface area contributed by atoms with E-state index in [0.717, 1.165) is 55.4 Å². The first-order chi connectivity index (χ1) is 16.2. The lowest BCUT2D eigenvalue weighted by Crippen LogP contribution is -1.87. The van der Waals surface area contributed by atoms with E-state index in [9.17, 15) is 4.39 Å². The molecule has 6 aromatic rings. The molecular formula is C27H19FN4O. The number of pyridine rings is 1. The lowest BCUT2D eigenvalue weighted by molar-refractivity contribution is 0.411. The van der Waals surface area contributed by atoms with E-state index in [4.69, 9.17) is 4.74 Å².